The number of carbonyl (C=O) groups is 2. The van der Waals surface area contributed by atoms with Gasteiger partial charge in [-0.05, 0) is 0 Å². The first-order chi connectivity index (χ1) is 9.32. The molecule has 0 fully saturated rings. The number of amides is 2. The number of hydrogen-bond donors (Lipinski definition) is 2. The van der Waals surface area contributed by atoms with Crippen molar-refractivity contribution in [2.45, 2.75) is 19.0 Å². The van der Waals surface area contributed by atoms with E-state index >= 15 is 0 Å². The Kier molecular flexibility index (Phi) is 7.32. The molecule has 0 heterocycles. The molecule has 2 amide bonds. The molecule has 21 heavy (non-hydrogen) atoms. The summed E-state index contributed by atoms with van der Waals surface area (Å²) >= 11 is 0. The zero-order valence-electron chi connectivity index (χ0n) is 11.4. The highest BCUT2D eigenvalue weighted by molar-refractivity contribution is 5.87. The number of rotatable bonds is 6. The highest BCUT2D eigenvalue weighted by atomic mass is 35.5. The number of nitro groups is 1. The van der Waals surface area contributed by atoms with Crippen molar-refractivity contribution in [3.8, 4) is 0 Å². The molecule has 0 aromatic heterocycles. The van der Waals surface area contributed by atoms with Crippen LogP contribution in [0.25, 0.3) is 0 Å². The summed E-state index contributed by atoms with van der Waals surface area (Å²) in [6, 6.07) is 5.06. The average Bonchev–Trinajstić information content (AvgIpc) is 2.37. The third-order valence-electron chi connectivity index (χ3n) is 2.71. The van der Waals surface area contributed by atoms with Crippen LogP contribution in [0, 0.1) is 10.1 Å². The molecule has 8 nitrogen and oxygen atoms in total. The van der Waals surface area contributed by atoms with Crippen LogP contribution in [0.5, 0.6) is 0 Å². The summed E-state index contributed by atoms with van der Waals surface area (Å²) in [4.78, 5) is 34.2. The van der Waals surface area contributed by atoms with Crippen molar-refractivity contribution < 1.29 is 14.5 Å². The number of nitrogens with zero attached hydrogens (tertiary/aromatic N) is 2. The molecule has 0 bridgehead atoms. The fourth-order valence-electron chi connectivity index (χ4n) is 1.74. The summed E-state index contributed by atoms with van der Waals surface area (Å²) in [5.74, 6) is -1.17. The second-order valence-corrected chi connectivity index (χ2v) is 4.36. The third-order valence-corrected chi connectivity index (χ3v) is 2.71. The molecule has 0 saturated carbocycles. The van der Waals surface area contributed by atoms with Crippen LogP contribution in [0.1, 0.15) is 12.0 Å². The Morgan fingerprint density at radius 2 is 1.95 bits per heavy atom. The standard InChI is InChI=1S/C12H16N4O4.ClH/c1-15(12(18)9(13)6-11(14)17)7-8-4-2-3-5-10(8)16(19)20;/h2-5,9H,6-7,13H2,1H3,(H2,14,17);1H. The van der Waals surface area contributed by atoms with E-state index in [0.717, 1.165) is 0 Å². The smallest absolute Gasteiger partial charge is 0.274 e. The predicted octanol–water partition coefficient (Wildman–Crippen LogP) is 0.178. The SMILES string of the molecule is CN(Cc1ccccc1[N+](=O)[O-])C(=O)C(N)CC(N)=O.Cl. The lowest BCUT2D eigenvalue weighted by Gasteiger charge is -2.20. The van der Waals surface area contributed by atoms with Crippen LogP contribution in [0.3, 0.4) is 0 Å². The van der Waals surface area contributed by atoms with Gasteiger partial charge in [0.1, 0.15) is 0 Å². The first-order valence-electron chi connectivity index (χ1n) is 5.84. The average molecular weight is 317 g/mol. The molecule has 1 unspecified atom stereocenters. The monoisotopic (exact) mass is 316 g/mol. The summed E-state index contributed by atoms with van der Waals surface area (Å²) in [5.41, 5.74) is 10.8. The van der Waals surface area contributed by atoms with E-state index in [1.807, 2.05) is 0 Å². The zero-order chi connectivity index (χ0) is 15.3. The fraction of sp³-hybridized carbons (Fsp3) is 0.333. The maximum absolute atomic E-state index is 11.9. The van der Waals surface area contributed by atoms with Crippen LogP contribution >= 0.6 is 12.4 Å². The van der Waals surface area contributed by atoms with Gasteiger partial charge >= 0.3 is 0 Å². The largest absolute Gasteiger partial charge is 0.370 e. The Hall–Kier alpha value is -2.19. The lowest BCUT2D eigenvalue weighted by atomic mass is 10.1. The van der Waals surface area contributed by atoms with E-state index in [1.54, 1.807) is 18.2 Å². The van der Waals surface area contributed by atoms with Crippen molar-refractivity contribution in [2.75, 3.05) is 7.05 Å². The number of carbonyl (C=O) groups excluding carboxylic acids is 2. The van der Waals surface area contributed by atoms with E-state index < -0.39 is 22.8 Å². The molecule has 0 spiro atoms. The number of hydrogen-bond acceptors (Lipinski definition) is 5. The van der Waals surface area contributed by atoms with Crippen molar-refractivity contribution >= 4 is 29.9 Å². The molecule has 0 saturated heterocycles. The highest BCUT2D eigenvalue weighted by Gasteiger charge is 2.22. The minimum absolute atomic E-state index is 0. The van der Waals surface area contributed by atoms with E-state index in [0.29, 0.717) is 5.56 Å². The van der Waals surface area contributed by atoms with Gasteiger partial charge in [0.15, 0.2) is 0 Å². The molecule has 0 radical (unpaired) electrons. The molecule has 116 valence electrons. The van der Waals surface area contributed by atoms with Crippen LogP contribution in [-0.4, -0.2) is 34.7 Å². The third kappa shape index (κ3) is 5.36. The van der Waals surface area contributed by atoms with Crippen molar-refractivity contribution in [2.24, 2.45) is 11.5 Å². The van der Waals surface area contributed by atoms with Gasteiger partial charge in [-0.15, -0.1) is 12.4 Å². The molecule has 1 aromatic carbocycles. The second-order valence-electron chi connectivity index (χ2n) is 4.36. The Morgan fingerprint density at radius 1 is 1.38 bits per heavy atom. The molecule has 1 rings (SSSR count). The number of likely N-dealkylation sites (N-methyl/N-ethyl adjacent to an activating group) is 1. The van der Waals surface area contributed by atoms with Crippen LogP contribution < -0.4 is 11.5 Å². The van der Waals surface area contributed by atoms with Gasteiger partial charge in [-0.25, -0.2) is 0 Å². The number of nitrogens with two attached hydrogens (primary N) is 2. The summed E-state index contributed by atoms with van der Waals surface area (Å²) < 4.78 is 0. The van der Waals surface area contributed by atoms with Gasteiger partial charge in [-0.2, -0.15) is 0 Å². The van der Waals surface area contributed by atoms with Crippen LogP contribution in [-0.2, 0) is 16.1 Å². The maximum atomic E-state index is 11.9. The van der Waals surface area contributed by atoms with E-state index in [2.05, 4.69) is 0 Å². The molecule has 0 aliphatic carbocycles. The van der Waals surface area contributed by atoms with Gasteiger partial charge in [0.25, 0.3) is 5.69 Å². The van der Waals surface area contributed by atoms with E-state index in [1.165, 1.54) is 18.0 Å². The quantitative estimate of drug-likeness (QED) is 0.570. The molecule has 1 aromatic rings. The Labute approximate surface area is 127 Å². The molecule has 9 heteroatoms. The molecule has 4 N–H and O–H groups in total. The summed E-state index contributed by atoms with van der Waals surface area (Å²) in [6.07, 6.45) is -0.264. The van der Waals surface area contributed by atoms with Crippen molar-refractivity contribution in [3.63, 3.8) is 0 Å². The molecule has 1 atom stereocenters. The number of primary amides is 1. The van der Waals surface area contributed by atoms with Crippen LogP contribution in [0.2, 0.25) is 0 Å². The normalized spacial score (nSPS) is 11.1. The lowest BCUT2D eigenvalue weighted by Crippen LogP contribution is -2.43. The highest BCUT2D eigenvalue weighted by Crippen LogP contribution is 2.19. The minimum atomic E-state index is -1.04. The number of benzene rings is 1. The first-order valence-corrected chi connectivity index (χ1v) is 5.84. The predicted molar refractivity (Wildman–Crippen MR) is 78.6 cm³/mol. The molecule has 0 aliphatic heterocycles. The van der Waals surface area contributed by atoms with Gasteiger partial charge in [-0.3, -0.25) is 19.7 Å². The van der Waals surface area contributed by atoms with Gasteiger partial charge in [0.05, 0.1) is 23.9 Å². The summed E-state index contributed by atoms with van der Waals surface area (Å²) in [6.45, 7) is 0.0302. The topological polar surface area (TPSA) is 133 Å². The van der Waals surface area contributed by atoms with Crippen LogP contribution in [0.4, 0.5) is 5.69 Å². The van der Waals surface area contributed by atoms with Crippen molar-refractivity contribution in [1.29, 1.82) is 0 Å². The Balaban J connectivity index is 0.00000400. The van der Waals surface area contributed by atoms with Crippen molar-refractivity contribution in [1.82, 2.24) is 4.90 Å². The fourth-order valence-corrected chi connectivity index (χ4v) is 1.74. The zero-order valence-corrected chi connectivity index (χ0v) is 12.2. The molecular formula is C12H17ClN4O4. The van der Waals surface area contributed by atoms with Crippen molar-refractivity contribution in [3.05, 3.63) is 39.9 Å². The maximum Gasteiger partial charge on any atom is 0.274 e. The van der Waals surface area contributed by atoms with Gasteiger partial charge in [0, 0.05) is 18.7 Å². The van der Waals surface area contributed by atoms with Gasteiger partial charge in [0.2, 0.25) is 11.8 Å². The van der Waals surface area contributed by atoms with Gasteiger partial charge < -0.3 is 16.4 Å². The van der Waals surface area contributed by atoms with E-state index in [9.17, 15) is 19.7 Å². The first kappa shape index (κ1) is 18.8. The second kappa shape index (κ2) is 8.18. The number of para-hydroxylation sites is 1. The Bertz CT molecular complexity index is 538. The summed E-state index contributed by atoms with van der Waals surface area (Å²) in [7, 11) is 1.46. The minimum Gasteiger partial charge on any atom is -0.370 e. The van der Waals surface area contributed by atoms with E-state index in [-0.39, 0.29) is 31.1 Å². The van der Waals surface area contributed by atoms with Crippen LogP contribution in [0.15, 0.2) is 24.3 Å². The molecule has 0 aliphatic rings. The van der Waals surface area contributed by atoms with E-state index in [4.69, 9.17) is 11.5 Å². The van der Waals surface area contributed by atoms with Gasteiger partial charge in [-0.1, -0.05) is 18.2 Å². The lowest BCUT2D eigenvalue weighted by molar-refractivity contribution is -0.385. The number of halogens is 1. The molecular weight excluding hydrogens is 300 g/mol. The number of nitro benzene ring substituents is 1. The Morgan fingerprint density at radius 3 is 2.48 bits per heavy atom. The summed E-state index contributed by atoms with van der Waals surface area (Å²) in [5, 5.41) is 10.9.